The highest BCUT2D eigenvalue weighted by Gasteiger charge is 2.40. The standard InChI is InChI=1S/C21H19Cl3N2O2/c1-13(27)16-11-15(22)5-7-19(16)25-20(28)21(2)8-3-9-26(21)12-14-4-6-17(23)18(24)10-14/h3-7,9-11H,8,12H2,1-2H3,(H,25,28)/t21-/m1/s1. The number of carbonyl (C=O) groups excluding carboxylic acids is 2. The minimum atomic E-state index is -0.806. The van der Waals surface area contributed by atoms with Gasteiger partial charge < -0.3 is 10.2 Å². The van der Waals surface area contributed by atoms with Crippen LogP contribution in [0.25, 0.3) is 0 Å². The number of amides is 1. The average Bonchev–Trinajstić information content (AvgIpc) is 3.01. The van der Waals surface area contributed by atoms with Gasteiger partial charge >= 0.3 is 0 Å². The first-order chi connectivity index (χ1) is 13.2. The molecule has 0 aromatic heterocycles. The predicted molar refractivity (Wildman–Crippen MR) is 114 cm³/mol. The van der Waals surface area contributed by atoms with Crippen molar-refractivity contribution < 1.29 is 9.59 Å². The lowest BCUT2D eigenvalue weighted by Gasteiger charge is -2.35. The van der Waals surface area contributed by atoms with Gasteiger partial charge in [-0.2, -0.15) is 0 Å². The summed E-state index contributed by atoms with van der Waals surface area (Å²) < 4.78 is 0. The fraction of sp³-hybridized carbons (Fsp3) is 0.238. The van der Waals surface area contributed by atoms with Gasteiger partial charge in [-0.1, -0.05) is 46.9 Å². The lowest BCUT2D eigenvalue weighted by molar-refractivity contribution is -0.125. The second kappa shape index (κ2) is 8.16. The Labute approximate surface area is 179 Å². The average molecular weight is 438 g/mol. The number of ketones is 1. The zero-order chi connectivity index (χ0) is 20.5. The van der Waals surface area contributed by atoms with Gasteiger partial charge in [-0.25, -0.2) is 0 Å². The molecule has 1 amide bonds. The van der Waals surface area contributed by atoms with Gasteiger partial charge in [0.05, 0.1) is 15.7 Å². The number of carbonyl (C=O) groups is 2. The van der Waals surface area contributed by atoms with Crippen LogP contribution in [0, 0.1) is 0 Å². The quantitative estimate of drug-likeness (QED) is 0.587. The van der Waals surface area contributed by atoms with E-state index in [1.165, 1.54) is 6.92 Å². The maximum atomic E-state index is 13.1. The third kappa shape index (κ3) is 4.19. The van der Waals surface area contributed by atoms with Crippen LogP contribution in [0.5, 0.6) is 0 Å². The molecule has 2 aromatic rings. The monoisotopic (exact) mass is 436 g/mol. The number of nitrogens with zero attached hydrogens (tertiary/aromatic N) is 1. The van der Waals surface area contributed by atoms with Crippen LogP contribution in [0.3, 0.4) is 0 Å². The molecule has 0 spiro atoms. The molecule has 146 valence electrons. The van der Waals surface area contributed by atoms with E-state index in [-0.39, 0.29) is 11.7 Å². The molecule has 1 N–H and O–H groups in total. The van der Waals surface area contributed by atoms with Crippen molar-refractivity contribution in [2.24, 2.45) is 0 Å². The SMILES string of the molecule is CC(=O)c1cc(Cl)ccc1NC(=O)[C@@]1(C)CC=CN1Cc1ccc(Cl)c(Cl)c1. The molecule has 0 aliphatic carbocycles. The van der Waals surface area contributed by atoms with Crippen LogP contribution in [0.4, 0.5) is 5.69 Å². The van der Waals surface area contributed by atoms with Gasteiger partial charge in [-0.05, 0) is 62.4 Å². The fourth-order valence-corrected chi connectivity index (χ4v) is 3.64. The molecule has 7 heteroatoms. The number of anilines is 1. The van der Waals surface area contributed by atoms with E-state index in [4.69, 9.17) is 34.8 Å². The van der Waals surface area contributed by atoms with Crippen LogP contribution >= 0.6 is 34.8 Å². The number of rotatable bonds is 5. The molecule has 1 heterocycles. The summed E-state index contributed by atoms with van der Waals surface area (Å²) in [4.78, 5) is 27.0. The Balaban J connectivity index is 1.82. The Morgan fingerprint density at radius 3 is 2.54 bits per heavy atom. The summed E-state index contributed by atoms with van der Waals surface area (Å²) in [5.41, 5.74) is 0.964. The van der Waals surface area contributed by atoms with Crippen molar-refractivity contribution in [2.75, 3.05) is 5.32 Å². The van der Waals surface area contributed by atoms with Gasteiger partial charge in [-0.3, -0.25) is 9.59 Å². The number of benzene rings is 2. The minimum absolute atomic E-state index is 0.167. The molecular weight excluding hydrogens is 419 g/mol. The van der Waals surface area contributed by atoms with Gasteiger partial charge in [0.15, 0.2) is 5.78 Å². The molecule has 0 unspecified atom stereocenters. The highest BCUT2D eigenvalue weighted by Crippen LogP contribution is 2.32. The molecular formula is C21H19Cl3N2O2. The Morgan fingerprint density at radius 1 is 1.11 bits per heavy atom. The zero-order valence-electron chi connectivity index (χ0n) is 15.4. The summed E-state index contributed by atoms with van der Waals surface area (Å²) in [5, 5.41) is 4.29. The fourth-order valence-electron chi connectivity index (χ4n) is 3.15. The minimum Gasteiger partial charge on any atom is -0.359 e. The lowest BCUT2D eigenvalue weighted by Crippen LogP contribution is -2.49. The Hall–Kier alpha value is -2.01. The molecule has 0 radical (unpaired) electrons. The van der Waals surface area contributed by atoms with E-state index in [9.17, 15) is 9.59 Å². The van der Waals surface area contributed by atoms with E-state index in [0.717, 1.165) is 5.56 Å². The molecule has 1 atom stereocenters. The number of hydrogen-bond acceptors (Lipinski definition) is 3. The van der Waals surface area contributed by atoms with E-state index in [1.54, 1.807) is 30.3 Å². The molecule has 1 aliphatic rings. The molecule has 0 saturated heterocycles. The van der Waals surface area contributed by atoms with Crippen molar-refractivity contribution in [3.8, 4) is 0 Å². The van der Waals surface area contributed by atoms with E-state index < -0.39 is 5.54 Å². The van der Waals surface area contributed by atoms with Crippen molar-refractivity contribution in [1.82, 2.24) is 4.90 Å². The van der Waals surface area contributed by atoms with Gasteiger partial charge in [-0.15, -0.1) is 0 Å². The zero-order valence-corrected chi connectivity index (χ0v) is 17.7. The normalized spacial score (nSPS) is 18.4. The third-order valence-corrected chi connectivity index (χ3v) is 5.84. The number of halogens is 3. The summed E-state index contributed by atoms with van der Waals surface area (Å²) in [7, 11) is 0. The van der Waals surface area contributed by atoms with E-state index in [1.807, 2.05) is 30.2 Å². The van der Waals surface area contributed by atoms with Crippen LogP contribution in [-0.2, 0) is 11.3 Å². The number of hydrogen-bond donors (Lipinski definition) is 1. The van der Waals surface area contributed by atoms with Crippen molar-refractivity contribution in [1.29, 1.82) is 0 Å². The van der Waals surface area contributed by atoms with Crippen molar-refractivity contribution in [2.45, 2.75) is 32.4 Å². The van der Waals surface area contributed by atoms with E-state index in [2.05, 4.69) is 5.32 Å². The third-order valence-electron chi connectivity index (χ3n) is 4.87. The second-order valence-corrected chi connectivity index (χ2v) is 8.19. The molecule has 28 heavy (non-hydrogen) atoms. The first kappa shape index (κ1) is 20.7. The first-order valence-electron chi connectivity index (χ1n) is 8.70. The Kier molecular flexibility index (Phi) is 6.04. The topological polar surface area (TPSA) is 49.4 Å². The first-order valence-corrected chi connectivity index (χ1v) is 9.83. The van der Waals surface area contributed by atoms with E-state index in [0.29, 0.717) is 39.3 Å². The highest BCUT2D eigenvalue weighted by molar-refractivity contribution is 6.42. The summed E-state index contributed by atoms with van der Waals surface area (Å²) in [6.45, 7) is 3.80. The second-order valence-electron chi connectivity index (χ2n) is 6.94. The summed E-state index contributed by atoms with van der Waals surface area (Å²) >= 11 is 18.1. The Bertz CT molecular complexity index is 974. The van der Waals surface area contributed by atoms with Gasteiger partial charge in [0.2, 0.25) is 5.91 Å². The molecule has 2 aromatic carbocycles. The van der Waals surface area contributed by atoms with Gasteiger partial charge in [0.25, 0.3) is 0 Å². The molecule has 0 fully saturated rings. The maximum absolute atomic E-state index is 13.1. The van der Waals surface area contributed by atoms with E-state index >= 15 is 0 Å². The van der Waals surface area contributed by atoms with Crippen LogP contribution < -0.4 is 5.32 Å². The van der Waals surface area contributed by atoms with Crippen molar-refractivity contribution in [3.63, 3.8) is 0 Å². The van der Waals surface area contributed by atoms with Crippen LogP contribution in [-0.4, -0.2) is 22.1 Å². The highest BCUT2D eigenvalue weighted by atomic mass is 35.5. The van der Waals surface area contributed by atoms with Crippen LogP contribution in [0.15, 0.2) is 48.7 Å². The molecule has 4 nitrogen and oxygen atoms in total. The molecule has 0 saturated carbocycles. The summed E-state index contributed by atoms with van der Waals surface area (Å²) in [6.07, 6.45) is 4.39. The smallest absolute Gasteiger partial charge is 0.250 e. The van der Waals surface area contributed by atoms with Gasteiger partial charge in [0.1, 0.15) is 5.54 Å². The summed E-state index contributed by atoms with van der Waals surface area (Å²) in [5.74, 6) is -0.373. The van der Waals surface area contributed by atoms with Crippen molar-refractivity contribution >= 4 is 52.2 Å². The largest absolute Gasteiger partial charge is 0.359 e. The summed E-state index contributed by atoms with van der Waals surface area (Å²) in [6, 6.07) is 10.3. The Morgan fingerprint density at radius 2 is 1.86 bits per heavy atom. The van der Waals surface area contributed by atoms with Crippen molar-refractivity contribution in [3.05, 3.63) is 74.9 Å². The molecule has 3 rings (SSSR count). The van der Waals surface area contributed by atoms with Crippen LogP contribution in [0.2, 0.25) is 15.1 Å². The number of nitrogens with one attached hydrogen (secondary N) is 1. The van der Waals surface area contributed by atoms with Crippen LogP contribution in [0.1, 0.15) is 36.2 Å². The number of Topliss-reactive ketones (excluding diaryl/α,β-unsaturated/α-hetero) is 1. The predicted octanol–water partition coefficient (Wildman–Crippen LogP) is 5.97. The molecule has 0 bridgehead atoms. The lowest BCUT2D eigenvalue weighted by atomic mass is 9.96. The van der Waals surface area contributed by atoms with Gasteiger partial charge in [0, 0.05) is 17.1 Å². The molecule has 1 aliphatic heterocycles. The maximum Gasteiger partial charge on any atom is 0.250 e.